The first-order chi connectivity index (χ1) is 13.8. The zero-order valence-electron chi connectivity index (χ0n) is 15.1. The van der Waals surface area contributed by atoms with Gasteiger partial charge in [-0.2, -0.15) is 0 Å². The fourth-order valence-corrected chi connectivity index (χ4v) is 2.51. The number of rotatable bonds is 4. The van der Waals surface area contributed by atoms with Crippen LogP contribution >= 0.6 is 0 Å². The molecule has 4 heteroatoms. The van der Waals surface area contributed by atoms with Crippen molar-refractivity contribution in [2.75, 3.05) is 0 Å². The van der Waals surface area contributed by atoms with E-state index in [0.717, 1.165) is 11.8 Å². The predicted octanol–water partition coefficient (Wildman–Crippen LogP) is 4.87. The van der Waals surface area contributed by atoms with E-state index in [1.165, 1.54) is 5.56 Å². The molecule has 0 spiro atoms. The summed E-state index contributed by atoms with van der Waals surface area (Å²) >= 11 is 0. The van der Waals surface area contributed by atoms with Crippen molar-refractivity contribution < 1.29 is 9.59 Å². The molecule has 0 fully saturated rings. The Morgan fingerprint density at radius 1 is 0.607 bits per heavy atom. The van der Waals surface area contributed by atoms with E-state index in [2.05, 4.69) is 22.1 Å². The van der Waals surface area contributed by atoms with Gasteiger partial charge >= 0.3 is 0 Å². The molecule has 4 nitrogen and oxygen atoms in total. The van der Waals surface area contributed by atoms with Gasteiger partial charge in [0.1, 0.15) is 17.7 Å². The van der Waals surface area contributed by atoms with Crippen LogP contribution in [0.3, 0.4) is 0 Å². The molecule has 0 amide bonds. The quantitative estimate of drug-likeness (QED) is 0.382. The highest BCUT2D eigenvalue weighted by atomic mass is 16.1. The van der Waals surface area contributed by atoms with E-state index in [1.54, 1.807) is 48.8 Å². The third kappa shape index (κ3) is 5.05. The summed E-state index contributed by atoms with van der Waals surface area (Å²) in [5, 5.41) is 0. The van der Waals surface area contributed by atoms with Crippen LogP contribution in [0.5, 0.6) is 0 Å². The number of nitrogens with zero attached hydrogens (tertiary/aromatic N) is 2. The third-order valence-corrected chi connectivity index (χ3v) is 3.95. The van der Waals surface area contributed by atoms with Crippen LogP contribution in [0.1, 0.15) is 26.5 Å². The normalized spacial score (nSPS) is 9.71. The van der Waals surface area contributed by atoms with E-state index in [-0.39, 0.29) is 5.78 Å². The topological polar surface area (TPSA) is 59.9 Å². The van der Waals surface area contributed by atoms with Crippen LogP contribution in [0.4, 0.5) is 0 Å². The summed E-state index contributed by atoms with van der Waals surface area (Å²) in [7, 11) is 0. The molecule has 0 bridgehead atoms. The molecule has 2 heterocycles. The Balaban J connectivity index is 0.000000161. The van der Waals surface area contributed by atoms with Crippen LogP contribution in [0, 0.1) is 0 Å². The van der Waals surface area contributed by atoms with Crippen LogP contribution < -0.4 is 0 Å². The van der Waals surface area contributed by atoms with E-state index in [0.29, 0.717) is 17.0 Å². The molecule has 136 valence electrons. The number of benzene rings is 2. The van der Waals surface area contributed by atoms with Crippen molar-refractivity contribution >= 4 is 12.1 Å². The Labute approximate surface area is 163 Å². The third-order valence-electron chi connectivity index (χ3n) is 3.95. The molecular formula is C24H18N2O2. The summed E-state index contributed by atoms with van der Waals surface area (Å²) in [5.41, 5.74) is 3.86. The summed E-state index contributed by atoms with van der Waals surface area (Å²) < 4.78 is 0. The number of carbonyl (C=O) groups excluding carboxylic acids is 2. The van der Waals surface area contributed by atoms with Crippen LogP contribution in [0.15, 0.2) is 103 Å². The molecule has 0 saturated carbocycles. The van der Waals surface area contributed by atoms with Crippen molar-refractivity contribution in [3.8, 4) is 11.1 Å². The Morgan fingerprint density at radius 3 is 1.57 bits per heavy atom. The maximum absolute atomic E-state index is 11.7. The van der Waals surface area contributed by atoms with Crippen LogP contribution in [0.25, 0.3) is 11.1 Å². The van der Waals surface area contributed by atoms with Crippen LogP contribution in [-0.4, -0.2) is 22.0 Å². The van der Waals surface area contributed by atoms with E-state index in [4.69, 9.17) is 0 Å². The monoisotopic (exact) mass is 366 g/mol. The molecule has 4 rings (SSSR count). The number of ketones is 1. The van der Waals surface area contributed by atoms with Crippen LogP contribution in [0.2, 0.25) is 0 Å². The maximum Gasteiger partial charge on any atom is 0.229 e. The van der Waals surface area contributed by atoms with Gasteiger partial charge in [0.25, 0.3) is 0 Å². The van der Waals surface area contributed by atoms with Gasteiger partial charge in [-0.15, -0.1) is 0 Å². The van der Waals surface area contributed by atoms with Crippen molar-refractivity contribution in [3.05, 3.63) is 120 Å². The summed E-state index contributed by atoms with van der Waals surface area (Å²) in [6, 6.07) is 28.1. The highest BCUT2D eigenvalue weighted by Gasteiger charge is 2.09. The maximum atomic E-state index is 11.7. The molecule has 0 aliphatic carbocycles. The van der Waals surface area contributed by atoms with E-state index in [9.17, 15) is 9.59 Å². The lowest BCUT2D eigenvalue weighted by molar-refractivity contribution is 0.102. The minimum atomic E-state index is -0.147. The molecule has 4 aromatic rings. The number of aldehydes is 1. The lowest BCUT2D eigenvalue weighted by Gasteiger charge is -2.00. The van der Waals surface area contributed by atoms with Gasteiger partial charge in [0.15, 0.2) is 0 Å². The molecule has 0 aliphatic heterocycles. The van der Waals surface area contributed by atoms with Gasteiger partial charge in [0.2, 0.25) is 5.78 Å². The number of pyridine rings is 2. The second-order valence-corrected chi connectivity index (χ2v) is 5.86. The fourth-order valence-electron chi connectivity index (χ4n) is 2.51. The zero-order chi connectivity index (χ0) is 19.6. The highest BCUT2D eigenvalue weighted by molar-refractivity contribution is 6.06. The minimum absolute atomic E-state index is 0.147. The second kappa shape index (κ2) is 9.69. The predicted molar refractivity (Wildman–Crippen MR) is 109 cm³/mol. The molecule has 0 unspecified atom stereocenters. The number of aromatic nitrogens is 2. The second-order valence-electron chi connectivity index (χ2n) is 5.86. The van der Waals surface area contributed by atoms with Crippen LogP contribution in [-0.2, 0) is 0 Å². The van der Waals surface area contributed by atoms with Gasteiger partial charge in [0, 0.05) is 18.0 Å². The summed E-state index contributed by atoms with van der Waals surface area (Å²) in [6.45, 7) is 0. The molecule has 2 aromatic heterocycles. The highest BCUT2D eigenvalue weighted by Crippen LogP contribution is 2.18. The molecule has 0 atom stereocenters. The Kier molecular flexibility index (Phi) is 6.53. The Morgan fingerprint density at radius 2 is 1.11 bits per heavy atom. The molecule has 28 heavy (non-hydrogen) atoms. The Hall–Kier alpha value is -3.92. The van der Waals surface area contributed by atoms with Gasteiger partial charge in [0.05, 0.1) is 0 Å². The lowest BCUT2D eigenvalue weighted by Crippen LogP contribution is -2.05. The molecule has 0 aliphatic rings. The van der Waals surface area contributed by atoms with Crippen molar-refractivity contribution in [2.24, 2.45) is 0 Å². The Bertz CT molecular complexity index is 975. The standard InChI is InChI=1S/C13H10O.C11H8N2O/c14-10-11-6-8-13(9-7-11)12-4-2-1-3-5-12;14-11(9-5-1-3-7-12-9)10-6-2-4-8-13-10/h1-10H;1-8H. The number of hydrogen-bond acceptors (Lipinski definition) is 4. The average Bonchev–Trinajstić information content (AvgIpc) is 2.81. The first kappa shape index (κ1) is 18.9. The smallest absolute Gasteiger partial charge is 0.229 e. The van der Waals surface area contributed by atoms with E-state index in [1.807, 2.05) is 42.5 Å². The lowest BCUT2D eigenvalue weighted by atomic mass is 10.0. The zero-order valence-corrected chi connectivity index (χ0v) is 15.1. The van der Waals surface area contributed by atoms with E-state index >= 15 is 0 Å². The molecular weight excluding hydrogens is 348 g/mol. The number of hydrogen-bond donors (Lipinski definition) is 0. The molecule has 0 saturated heterocycles. The SMILES string of the molecule is O=C(c1ccccn1)c1ccccn1.O=Cc1ccc(-c2ccccc2)cc1. The number of carbonyl (C=O) groups is 2. The molecule has 0 N–H and O–H groups in total. The van der Waals surface area contributed by atoms with Gasteiger partial charge < -0.3 is 0 Å². The average molecular weight is 366 g/mol. The first-order valence-corrected chi connectivity index (χ1v) is 8.75. The molecule has 2 aromatic carbocycles. The largest absolute Gasteiger partial charge is 0.298 e. The van der Waals surface area contributed by atoms with Gasteiger partial charge in [-0.3, -0.25) is 19.6 Å². The van der Waals surface area contributed by atoms with Crippen molar-refractivity contribution in [1.29, 1.82) is 0 Å². The van der Waals surface area contributed by atoms with Crippen molar-refractivity contribution in [3.63, 3.8) is 0 Å². The summed E-state index contributed by atoms with van der Waals surface area (Å²) in [6.07, 6.45) is 4.04. The summed E-state index contributed by atoms with van der Waals surface area (Å²) in [4.78, 5) is 30.1. The van der Waals surface area contributed by atoms with Gasteiger partial charge in [-0.1, -0.05) is 66.7 Å². The summed E-state index contributed by atoms with van der Waals surface area (Å²) in [5.74, 6) is -0.147. The minimum Gasteiger partial charge on any atom is -0.298 e. The first-order valence-electron chi connectivity index (χ1n) is 8.75. The van der Waals surface area contributed by atoms with E-state index < -0.39 is 0 Å². The van der Waals surface area contributed by atoms with Gasteiger partial charge in [-0.05, 0) is 35.4 Å². The van der Waals surface area contributed by atoms with Gasteiger partial charge in [-0.25, -0.2) is 0 Å². The van der Waals surface area contributed by atoms with Crippen molar-refractivity contribution in [1.82, 2.24) is 9.97 Å². The fraction of sp³-hybridized carbons (Fsp3) is 0. The molecule has 0 radical (unpaired) electrons. The van der Waals surface area contributed by atoms with Crippen molar-refractivity contribution in [2.45, 2.75) is 0 Å².